The van der Waals surface area contributed by atoms with E-state index in [9.17, 15) is 0 Å². The van der Waals surface area contributed by atoms with Gasteiger partial charge in [0.25, 0.3) is 0 Å². The Morgan fingerprint density at radius 3 is 2.24 bits per heavy atom. The summed E-state index contributed by atoms with van der Waals surface area (Å²) in [6.45, 7) is 0. The van der Waals surface area contributed by atoms with Gasteiger partial charge in [-0.15, -0.1) is 0 Å². The summed E-state index contributed by atoms with van der Waals surface area (Å²) in [7, 11) is 0. The number of benzene rings is 2. The summed E-state index contributed by atoms with van der Waals surface area (Å²) in [4.78, 5) is 3.99. The second-order valence-electron chi connectivity index (χ2n) is 4.96. The molecule has 0 aliphatic rings. The van der Waals surface area contributed by atoms with Gasteiger partial charge in [-0.1, -0.05) is 72.3 Å². The number of rotatable bonds is 5. The molecule has 0 saturated carbocycles. The summed E-state index contributed by atoms with van der Waals surface area (Å²) in [5.41, 5.74) is 2.20. The van der Waals surface area contributed by atoms with E-state index in [0.717, 1.165) is 6.42 Å². The van der Waals surface area contributed by atoms with Gasteiger partial charge < -0.3 is 0 Å². The van der Waals surface area contributed by atoms with Crippen LogP contribution >= 0.6 is 11.6 Å². The molecule has 0 spiro atoms. The van der Waals surface area contributed by atoms with E-state index in [1.807, 2.05) is 24.3 Å². The Bertz CT molecular complexity index is 653. The summed E-state index contributed by atoms with van der Waals surface area (Å²) in [6.07, 6.45) is 4.04. The van der Waals surface area contributed by atoms with Crippen molar-refractivity contribution in [3.05, 3.63) is 84.4 Å². The van der Waals surface area contributed by atoms with Crippen molar-refractivity contribution in [3.63, 3.8) is 0 Å². The smallest absolute Gasteiger partial charge is 0.137 e. The van der Waals surface area contributed by atoms with E-state index in [4.69, 9.17) is 11.6 Å². The zero-order valence-electron chi connectivity index (χ0n) is 11.5. The summed E-state index contributed by atoms with van der Waals surface area (Å²) >= 11 is 6.66. The predicted octanol–water partition coefficient (Wildman–Crippen LogP) is 4.04. The van der Waals surface area contributed by atoms with E-state index in [1.165, 1.54) is 17.5 Å². The second kappa shape index (κ2) is 6.55. The minimum atomic E-state index is -0.268. The zero-order chi connectivity index (χ0) is 14.5. The highest BCUT2D eigenvalue weighted by Crippen LogP contribution is 2.34. The van der Waals surface area contributed by atoms with Gasteiger partial charge in [0.05, 0.1) is 0 Å². The maximum Gasteiger partial charge on any atom is 0.137 e. The van der Waals surface area contributed by atoms with Crippen LogP contribution in [0, 0.1) is 0 Å². The molecule has 106 valence electrons. The van der Waals surface area contributed by atoms with Crippen molar-refractivity contribution in [1.29, 1.82) is 0 Å². The van der Waals surface area contributed by atoms with Crippen LogP contribution < -0.4 is 0 Å². The van der Waals surface area contributed by atoms with E-state index in [1.54, 1.807) is 11.0 Å². The SMILES string of the molecule is ClC(C(Cc1ccccc1)c1ccccc1)n1cncn1. The molecule has 2 unspecified atom stereocenters. The molecular weight excluding hydrogens is 282 g/mol. The van der Waals surface area contributed by atoms with Gasteiger partial charge in [-0.2, -0.15) is 5.10 Å². The van der Waals surface area contributed by atoms with E-state index in [-0.39, 0.29) is 11.4 Å². The minimum Gasteiger partial charge on any atom is -0.234 e. The highest BCUT2D eigenvalue weighted by atomic mass is 35.5. The lowest BCUT2D eigenvalue weighted by atomic mass is 9.91. The summed E-state index contributed by atoms with van der Waals surface area (Å²) in [5, 5.41) is 4.18. The summed E-state index contributed by atoms with van der Waals surface area (Å²) in [5.74, 6) is 0.136. The Morgan fingerprint density at radius 1 is 0.952 bits per heavy atom. The molecule has 0 N–H and O–H groups in total. The molecule has 21 heavy (non-hydrogen) atoms. The number of alkyl halides is 1. The van der Waals surface area contributed by atoms with Gasteiger partial charge in [0.2, 0.25) is 0 Å². The van der Waals surface area contributed by atoms with Crippen LogP contribution in [0.2, 0.25) is 0 Å². The molecular formula is C17H16ClN3. The molecule has 1 aromatic heterocycles. The van der Waals surface area contributed by atoms with Crippen LogP contribution in [-0.4, -0.2) is 14.8 Å². The third-order valence-electron chi connectivity index (χ3n) is 3.55. The van der Waals surface area contributed by atoms with Gasteiger partial charge >= 0.3 is 0 Å². The maximum atomic E-state index is 6.66. The molecule has 3 aromatic rings. The maximum absolute atomic E-state index is 6.66. The van der Waals surface area contributed by atoms with E-state index in [0.29, 0.717) is 0 Å². The predicted molar refractivity (Wildman–Crippen MR) is 84.2 cm³/mol. The fourth-order valence-corrected chi connectivity index (χ4v) is 2.81. The van der Waals surface area contributed by atoms with Crippen molar-refractivity contribution in [2.75, 3.05) is 0 Å². The minimum absolute atomic E-state index is 0.136. The molecule has 0 fully saturated rings. The first-order valence-electron chi connectivity index (χ1n) is 6.91. The highest BCUT2D eigenvalue weighted by Gasteiger charge is 2.23. The van der Waals surface area contributed by atoms with E-state index >= 15 is 0 Å². The lowest BCUT2D eigenvalue weighted by Gasteiger charge is -2.23. The van der Waals surface area contributed by atoms with Crippen molar-refractivity contribution < 1.29 is 0 Å². The average molecular weight is 298 g/mol. The number of hydrogen-bond acceptors (Lipinski definition) is 2. The molecule has 1 heterocycles. The fraction of sp³-hybridized carbons (Fsp3) is 0.176. The first-order valence-corrected chi connectivity index (χ1v) is 7.35. The molecule has 3 nitrogen and oxygen atoms in total. The standard InChI is InChI=1S/C17H16ClN3/c18-17(21-13-19-12-20-21)16(15-9-5-2-6-10-15)11-14-7-3-1-4-8-14/h1-10,12-13,16-17H,11H2. The van der Waals surface area contributed by atoms with Crippen LogP contribution in [0.1, 0.15) is 22.5 Å². The van der Waals surface area contributed by atoms with Crippen molar-refractivity contribution in [1.82, 2.24) is 14.8 Å². The third-order valence-corrected chi connectivity index (χ3v) is 4.05. The summed E-state index contributed by atoms with van der Waals surface area (Å²) in [6, 6.07) is 20.7. The van der Waals surface area contributed by atoms with Gasteiger partial charge in [-0.25, -0.2) is 9.67 Å². The van der Waals surface area contributed by atoms with Gasteiger partial charge in [-0.05, 0) is 17.5 Å². The molecule has 3 rings (SSSR count). The Balaban J connectivity index is 1.91. The van der Waals surface area contributed by atoms with Crippen molar-refractivity contribution in [2.24, 2.45) is 0 Å². The number of nitrogens with zero attached hydrogens (tertiary/aromatic N) is 3. The van der Waals surface area contributed by atoms with Crippen LogP contribution in [0.15, 0.2) is 73.3 Å². The van der Waals surface area contributed by atoms with Crippen LogP contribution in [-0.2, 0) is 6.42 Å². The first kappa shape index (κ1) is 13.8. The molecule has 0 saturated heterocycles. The average Bonchev–Trinajstić information content (AvgIpc) is 3.08. The summed E-state index contributed by atoms with van der Waals surface area (Å²) < 4.78 is 1.71. The Morgan fingerprint density at radius 2 is 1.62 bits per heavy atom. The number of hydrogen-bond donors (Lipinski definition) is 0. The van der Waals surface area contributed by atoms with Crippen LogP contribution in [0.4, 0.5) is 0 Å². The number of halogens is 1. The number of aromatic nitrogens is 3. The molecule has 0 aliphatic heterocycles. The van der Waals surface area contributed by atoms with Crippen LogP contribution in [0.25, 0.3) is 0 Å². The molecule has 0 bridgehead atoms. The highest BCUT2D eigenvalue weighted by molar-refractivity contribution is 6.19. The van der Waals surface area contributed by atoms with Gasteiger partial charge in [0, 0.05) is 5.92 Å². The van der Waals surface area contributed by atoms with E-state index in [2.05, 4.69) is 46.5 Å². The van der Waals surface area contributed by atoms with Crippen molar-refractivity contribution >= 4 is 11.6 Å². The zero-order valence-corrected chi connectivity index (χ0v) is 12.3. The first-order chi connectivity index (χ1) is 10.3. The van der Waals surface area contributed by atoms with Gasteiger partial charge in [0.15, 0.2) is 0 Å². The van der Waals surface area contributed by atoms with Crippen LogP contribution in [0.5, 0.6) is 0 Å². The Labute approximate surface area is 129 Å². The van der Waals surface area contributed by atoms with Crippen molar-refractivity contribution in [3.8, 4) is 0 Å². The monoisotopic (exact) mass is 297 g/mol. The van der Waals surface area contributed by atoms with Crippen LogP contribution in [0.3, 0.4) is 0 Å². The quantitative estimate of drug-likeness (QED) is 0.665. The Kier molecular flexibility index (Phi) is 4.31. The Hall–Kier alpha value is -2.13. The van der Waals surface area contributed by atoms with Crippen molar-refractivity contribution in [2.45, 2.75) is 17.8 Å². The molecule has 0 amide bonds. The third kappa shape index (κ3) is 3.31. The van der Waals surface area contributed by atoms with E-state index < -0.39 is 0 Å². The lowest BCUT2D eigenvalue weighted by molar-refractivity contribution is 0.488. The fourth-order valence-electron chi connectivity index (χ4n) is 2.47. The molecule has 2 aromatic carbocycles. The molecule has 4 heteroatoms. The molecule has 2 atom stereocenters. The molecule has 0 radical (unpaired) electrons. The normalized spacial score (nSPS) is 13.8. The topological polar surface area (TPSA) is 30.7 Å². The van der Waals surface area contributed by atoms with Gasteiger partial charge in [-0.3, -0.25) is 0 Å². The largest absolute Gasteiger partial charge is 0.234 e. The lowest BCUT2D eigenvalue weighted by Crippen LogP contribution is -2.16. The second-order valence-corrected chi connectivity index (χ2v) is 5.40. The molecule has 0 aliphatic carbocycles. The van der Waals surface area contributed by atoms with Gasteiger partial charge in [0.1, 0.15) is 18.2 Å².